The zero-order valence-corrected chi connectivity index (χ0v) is 16.2. The number of anilines is 1. The van der Waals surface area contributed by atoms with Crippen LogP contribution < -0.4 is 11.1 Å². The lowest BCUT2D eigenvalue weighted by molar-refractivity contribution is 0.0446. The normalized spacial score (nSPS) is 14.0. The van der Waals surface area contributed by atoms with E-state index in [1.54, 1.807) is 44.8 Å². The summed E-state index contributed by atoms with van der Waals surface area (Å²) in [4.78, 5) is 12.3. The molecule has 1 aromatic carbocycles. The minimum Gasteiger partial charge on any atom is -0.444 e. The second-order valence-electron chi connectivity index (χ2n) is 7.05. The van der Waals surface area contributed by atoms with Crippen LogP contribution in [0.1, 0.15) is 33.3 Å². The lowest BCUT2D eigenvalue weighted by Gasteiger charge is -2.33. The fraction of sp³-hybridized carbons (Fsp3) is 0.412. The van der Waals surface area contributed by atoms with Crippen molar-refractivity contribution in [1.29, 1.82) is 0 Å². The number of nitrogens with zero attached hydrogens (tertiary/aromatic N) is 2. The van der Waals surface area contributed by atoms with Crippen LogP contribution in [0.5, 0.6) is 0 Å². The Labute approximate surface area is 154 Å². The van der Waals surface area contributed by atoms with Crippen LogP contribution in [0.2, 0.25) is 0 Å². The average Bonchev–Trinajstić information content (AvgIpc) is 2.84. The Morgan fingerprint density at radius 3 is 2.64 bits per heavy atom. The summed E-state index contributed by atoms with van der Waals surface area (Å²) in [5.74, 6) is -0.473. The first-order valence-corrected chi connectivity index (χ1v) is 8.52. The van der Waals surface area contributed by atoms with E-state index < -0.39 is 23.1 Å². The summed E-state index contributed by atoms with van der Waals surface area (Å²) in [6, 6.07) is 4.25. The fourth-order valence-electron chi connectivity index (χ4n) is 2.44. The number of hydrogen-bond acceptors (Lipinski definition) is 4. The second kappa shape index (κ2) is 7.03. The molecule has 0 bridgehead atoms. The number of carbonyl (C=O) groups excluding carboxylic acids is 1. The smallest absolute Gasteiger partial charge is 0.408 e. The third-order valence-electron chi connectivity index (χ3n) is 3.44. The van der Waals surface area contributed by atoms with Gasteiger partial charge in [-0.1, -0.05) is 0 Å². The molecule has 1 unspecified atom stereocenters. The van der Waals surface area contributed by atoms with Crippen LogP contribution >= 0.6 is 15.9 Å². The summed E-state index contributed by atoms with van der Waals surface area (Å²) >= 11 is 3.32. The molecule has 1 heterocycles. The average molecular weight is 413 g/mol. The van der Waals surface area contributed by atoms with Gasteiger partial charge in [0.1, 0.15) is 11.4 Å². The highest BCUT2D eigenvalue weighted by molar-refractivity contribution is 9.10. The molecule has 1 atom stereocenters. The van der Waals surface area contributed by atoms with Crippen molar-refractivity contribution >= 4 is 27.7 Å². The van der Waals surface area contributed by atoms with E-state index in [2.05, 4.69) is 26.3 Å². The molecule has 25 heavy (non-hydrogen) atoms. The van der Waals surface area contributed by atoms with Crippen LogP contribution in [-0.2, 0) is 16.8 Å². The minimum atomic E-state index is -1.12. The molecule has 6 nitrogen and oxygen atoms in total. The van der Waals surface area contributed by atoms with Crippen LogP contribution in [0.15, 0.2) is 35.1 Å². The van der Waals surface area contributed by atoms with E-state index in [-0.39, 0.29) is 12.1 Å². The first-order valence-electron chi connectivity index (χ1n) is 7.73. The number of nitrogens with two attached hydrogens (primary N) is 1. The largest absolute Gasteiger partial charge is 0.444 e. The van der Waals surface area contributed by atoms with Crippen molar-refractivity contribution in [3.63, 3.8) is 0 Å². The van der Waals surface area contributed by atoms with Gasteiger partial charge in [-0.3, -0.25) is 4.68 Å². The Balaban J connectivity index is 2.39. The van der Waals surface area contributed by atoms with Crippen LogP contribution in [0.3, 0.4) is 0 Å². The molecule has 3 N–H and O–H groups in total. The van der Waals surface area contributed by atoms with Gasteiger partial charge in [-0.2, -0.15) is 5.10 Å². The third kappa shape index (κ3) is 5.19. The zero-order chi connectivity index (χ0) is 18.8. The van der Waals surface area contributed by atoms with Gasteiger partial charge < -0.3 is 15.8 Å². The molecular weight excluding hydrogens is 391 g/mol. The third-order valence-corrected chi connectivity index (χ3v) is 3.85. The number of benzene rings is 1. The maximum atomic E-state index is 14.5. The number of ether oxygens (including phenoxy) is 1. The fourth-order valence-corrected chi connectivity index (χ4v) is 2.76. The maximum absolute atomic E-state index is 14.5. The van der Waals surface area contributed by atoms with Gasteiger partial charge in [-0.15, -0.1) is 0 Å². The van der Waals surface area contributed by atoms with Crippen LogP contribution in [0.4, 0.5) is 14.9 Å². The Hall–Kier alpha value is -2.09. The molecule has 2 rings (SSSR count). The minimum absolute atomic E-state index is 0.193. The Morgan fingerprint density at radius 2 is 2.08 bits per heavy atom. The monoisotopic (exact) mass is 412 g/mol. The number of carbonyl (C=O) groups is 1. The van der Waals surface area contributed by atoms with Crippen molar-refractivity contribution in [2.45, 2.75) is 45.4 Å². The Morgan fingerprint density at radius 1 is 1.40 bits per heavy atom. The summed E-state index contributed by atoms with van der Waals surface area (Å²) in [6.07, 6.45) is 2.70. The highest BCUT2D eigenvalue weighted by Crippen LogP contribution is 2.28. The van der Waals surface area contributed by atoms with E-state index in [0.29, 0.717) is 5.69 Å². The standard InChI is InChI=1S/C17H22BrFN4O2/c1-16(2,3)25-15(24)22-17(4,10-23-9-11(18)8-21-23)13-7-12(20)5-6-14(13)19/h5-9H,10,20H2,1-4H3,(H,22,24). The highest BCUT2D eigenvalue weighted by Gasteiger charge is 2.34. The van der Waals surface area contributed by atoms with E-state index in [4.69, 9.17) is 10.5 Å². The summed E-state index contributed by atoms with van der Waals surface area (Å²) in [7, 11) is 0. The summed E-state index contributed by atoms with van der Waals surface area (Å²) in [5.41, 5.74) is 4.68. The second-order valence-corrected chi connectivity index (χ2v) is 7.97. The van der Waals surface area contributed by atoms with Crippen molar-refractivity contribution in [2.75, 3.05) is 5.73 Å². The van der Waals surface area contributed by atoms with Gasteiger partial charge in [0.2, 0.25) is 0 Å². The molecule has 0 spiro atoms. The summed E-state index contributed by atoms with van der Waals surface area (Å²) in [6.45, 7) is 7.17. The topological polar surface area (TPSA) is 82.2 Å². The van der Waals surface area contributed by atoms with E-state index in [9.17, 15) is 9.18 Å². The number of halogens is 2. The zero-order valence-electron chi connectivity index (χ0n) is 14.6. The number of aromatic nitrogens is 2. The first-order chi connectivity index (χ1) is 11.5. The Kier molecular flexibility index (Phi) is 5.41. The molecule has 1 amide bonds. The summed E-state index contributed by atoms with van der Waals surface area (Å²) in [5, 5.41) is 6.94. The van der Waals surface area contributed by atoms with E-state index in [1.807, 2.05) is 0 Å². The summed E-state index contributed by atoms with van der Waals surface area (Å²) < 4.78 is 22.2. The molecule has 0 aliphatic heterocycles. The van der Waals surface area contributed by atoms with Gasteiger partial charge in [-0.05, 0) is 61.8 Å². The van der Waals surface area contributed by atoms with Crippen LogP contribution in [0.25, 0.3) is 0 Å². The quantitative estimate of drug-likeness (QED) is 0.747. The van der Waals surface area contributed by atoms with Gasteiger partial charge in [0.25, 0.3) is 0 Å². The number of hydrogen-bond donors (Lipinski definition) is 2. The van der Waals surface area contributed by atoms with Gasteiger partial charge >= 0.3 is 6.09 Å². The molecule has 136 valence electrons. The molecule has 2 aromatic rings. The van der Waals surface area contributed by atoms with Crippen molar-refractivity contribution in [1.82, 2.24) is 15.1 Å². The number of nitrogen functional groups attached to an aromatic ring is 1. The van der Waals surface area contributed by atoms with E-state index in [0.717, 1.165) is 4.47 Å². The molecule has 1 aromatic heterocycles. The van der Waals surface area contributed by atoms with E-state index >= 15 is 0 Å². The molecule has 0 aliphatic rings. The highest BCUT2D eigenvalue weighted by atomic mass is 79.9. The van der Waals surface area contributed by atoms with Crippen molar-refractivity contribution < 1.29 is 13.9 Å². The molecule has 0 saturated carbocycles. The number of nitrogens with one attached hydrogen (secondary N) is 1. The number of amides is 1. The number of alkyl carbamates (subject to hydrolysis) is 1. The van der Waals surface area contributed by atoms with E-state index in [1.165, 1.54) is 18.2 Å². The molecule has 0 radical (unpaired) electrons. The predicted octanol–water partition coefficient (Wildman–Crippen LogP) is 3.81. The van der Waals surface area contributed by atoms with Crippen LogP contribution in [0, 0.1) is 5.82 Å². The van der Waals surface area contributed by atoms with Gasteiger partial charge in [0, 0.05) is 17.4 Å². The van der Waals surface area contributed by atoms with Crippen molar-refractivity contribution in [3.8, 4) is 0 Å². The molecule has 8 heteroatoms. The SMILES string of the molecule is CC(C)(C)OC(=O)NC(C)(Cn1cc(Br)cn1)c1cc(N)ccc1F. The lowest BCUT2D eigenvalue weighted by Crippen LogP contribution is -2.49. The lowest BCUT2D eigenvalue weighted by atomic mass is 9.91. The molecule has 0 saturated heterocycles. The van der Waals surface area contributed by atoms with Gasteiger partial charge in [0.15, 0.2) is 0 Å². The Bertz CT molecular complexity index is 772. The number of rotatable bonds is 4. The molecule has 0 fully saturated rings. The molecular formula is C17H22BrFN4O2. The van der Waals surface area contributed by atoms with Gasteiger partial charge in [0.05, 0.1) is 22.8 Å². The van der Waals surface area contributed by atoms with Crippen LogP contribution in [-0.4, -0.2) is 21.5 Å². The predicted molar refractivity (Wildman–Crippen MR) is 97.5 cm³/mol. The molecule has 0 aliphatic carbocycles. The van der Waals surface area contributed by atoms with Gasteiger partial charge in [-0.25, -0.2) is 9.18 Å². The van der Waals surface area contributed by atoms with Crippen molar-refractivity contribution in [2.24, 2.45) is 0 Å². The first kappa shape index (κ1) is 19.2. The van der Waals surface area contributed by atoms with Crippen molar-refractivity contribution in [3.05, 3.63) is 46.4 Å². The maximum Gasteiger partial charge on any atom is 0.408 e.